The van der Waals surface area contributed by atoms with Gasteiger partial charge in [-0.1, -0.05) is 0 Å². The lowest BCUT2D eigenvalue weighted by molar-refractivity contribution is 0.0521. The second-order valence-electron chi connectivity index (χ2n) is 5.09. The Morgan fingerprint density at radius 2 is 2.15 bits per heavy atom. The molecule has 1 saturated heterocycles. The Labute approximate surface area is 117 Å². The van der Waals surface area contributed by atoms with Gasteiger partial charge in [-0.25, -0.2) is 9.97 Å². The molecule has 1 unspecified atom stereocenters. The normalized spacial score (nSPS) is 18.3. The third-order valence-electron chi connectivity index (χ3n) is 4.02. The summed E-state index contributed by atoms with van der Waals surface area (Å²) in [5, 5.41) is 0. The summed E-state index contributed by atoms with van der Waals surface area (Å²) in [6, 6.07) is 0.225. The van der Waals surface area contributed by atoms with Crippen LogP contribution in [0.2, 0.25) is 0 Å². The number of nitrogens with zero attached hydrogens (tertiary/aromatic N) is 4. The molecule has 108 valence electrons. The average Bonchev–Trinajstić information content (AvgIpc) is 2.83. The van der Waals surface area contributed by atoms with Gasteiger partial charge in [-0.05, 0) is 25.7 Å². The number of ether oxygens (including phenoxy) is 2. The second kappa shape index (κ2) is 5.24. The van der Waals surface area contributed by atoms with Gasteiger partial charge >= 0.3 is 0 Å². The third-order valence-corrected chi connectivity index (χ3v) is 4.02. The number of rotatable bonds is 3. The molecule has 0 aliphatic carbocycles. The minimum Gasteiger partial charge on any atom is -0.479 e. The van der Waals surface area contributed by atoms with E-state index in [-0.39, 0.29) is 6.04 Å². The number of nitrogens with two attached hydrogens (primary N) is 1. The first kappa shape index (κ1) is 13.1. The Morgan fingerprint density at radius 1 is 1.40 bits per heavy atom. The quantitative estimate of drug-likeness (QED) is 0.912. The largest absolute Gasteiger partial charge is 0.479 e. The van der Waals surface area contributed by atoms with Gasteiger partial charge < -0.3 is 15.2 Å². The Balaban J connectivity index is 2.04. The van der Waals surface area contributed by atoms with Crippen LogP contribution in [0.25, 0.3) is 11.2 Å². The fourth-order valence-corrected chi connectivity index (χ4v) is 2.86. The van der Waals surface area contributed by atoms with Crippen molar-refractivity contribution in [1.29, 1.82) is 0 Å². The summed E-state index contributed by atoms with van der Waals surface area (Å²) < 4.78 is 12.6. The Bertz CT molecular complexity index is 606. The van der Waals surface area contributed by atoms with Gasteiger partial charge in [0.25, 0.3) is 0 Å². The fraction of sp³-hybridized carbons (Fsp3) is 0.615. The number of methoxy groups -OCH3 is 1. The number of hydrogen-bond donors (Lipinski definition) is 1. The number of nitrogen functional groups attached to an aromatic ring is 1. The second-order valence-corrected chi connectivity index (χ2v) is 5.09. The molecule has 1 atom stereocenters. The lowest BCUT2D eigenvalue weighted by atomic mass is 9.93. The van der Waals surface area contributed by atoms with Crippen LogP contribution >= 0.6 is 0 Å². The molecule has 1 fully saturated rings. The van der Waals surface area contributed by atoms with Crippen LogP contribution in [0.1, 0.15) is 25.8 Å². The lowest BCUT2D eigenvalue weighted by Crippen LogP contribution is -2.25. The van der Waals surface area contributed by atoms with Crippen molar-refractivity contribution in [1.82, 2.24) is 19.5 Å². The molecular weight excluding hydrogens is 258 g/mol. The first-order valence-electron chi connectivity index (χ1n) is 6.82. The molecule has 1 aliphatic heterocycles. The Morgan fingerprint density at radius 3 is 2.85 bits per heavy atom. The van der Waals surface area contributed by atoms with Crippen molar-refractivity contribution < 1.29 is 9.47 Å². The maximum absolute atomic E-state index is 6.08. The van der Waals surface area contributed by atoms with Gasteiger partial charge in [-0.15, -0.1) is 0 Å². The van der Waals surface area contributed by atoms with Crippen LogP contribution in [-0.2, 0) is 4.74 Å². The molecule has 0 saturated carbocycles. The van der Waals surface area contributed by atoms with E-state index in [2.05, 4.69) is 21.9 Å². The predicted octanol–water partition coefficient (Wildman–Crippen LogP) is 1.40. The first-order valence-corrected chi connectivity index (χ1v) is 6.82. The SMILES string of the molecule is COc1ncnc2c1nc(N)n2C(C)C1CCOCC1. The standard InChI is InChI=1S/C13H19N5O2/c1-8(9-3-5-20-6-4-9)18-11-10(17-13(18)14)12(19-2)16-7-15-11/h7-9H,3-6H2,1-2H3,(H2,14,17). The molecule has 0 aromatic carbocycles. The number of imidazole rings is 1. The average molecular weight is 277 g/mol. The molecule has 1 aliphatic rings. The molecule has 7 nitrogen and oxygen atoms in total. The Kier molecular flexibility index (Phi) is 3.43. The van der Waals surface area contributed by atoms with Crippen molar-refractivity contribution in [2.45, 2.75) is 25.8 Å². The number of fused-ring (bicyclic) bond motifs is 1. The summed E-state index contributed by atoms with van der Waals surface area (Å²) in [4.78, 5) is 12.8. The van der Waals surface area contributed by atoms with E-state index < -0.39 is 0 Å². The van der Waals surface area contributed by atoms with Crippen LogP contribution in [0.5, 0.6) is 5.88 Å². The van der Waals surface area contributed by atoms with Crippen molar-refractivity contribution in [3.63, 3.8) is 0 Å². The summed E-state index contributed by atoms with van der Waals surface area (Å²) in [7, 11) is 1.57. The zero-order chi connectivity index (χ0) is 14.1. The van der Waals surface area contributed by atoms with Gasteiger partial charge in [0, 0.05) is 19.3 Å². The van der Waals surface area contributed by atoms with Crippen LogP contribution < -0.4 is 10.5 Å². The number of anilines is 1. The van der Waals surface area contributed by atoms with Gasteiger partial charge in [-0.3, -0.25) is 4.57 Å². The zero-order valence-electron chi connectivity index (χ0n) is 11.7. The van der Waals surface area contributed by atoms with E-state index >= 15 is 0 Å². The predicted molar refractivity (Wildman–Crippen MR) is 74.5 cm³/mol. The van der Waals surface area contributed by atoms with E-state index in [0.717, 1.165) is 31.7 Å². The van der Waals surface area contributed by atoms with Crippen molar-refractivity contribution >= 4 is 17.1 Å². The van der Waals surface area contributed by atoms with Crippen molar-refractivity contribution in [2.75, 3.05) is 26.1 Å². The van der Waals surface area contributed by atoms with Crippen molar-refractivity contribution in [3.8, 4) is 5.88 Å². The van der Waals surface area contributed by atoms with E-state index in [9.17, 15) is 0 Å². The van der Waals surface area contributed by atoms with Crippen LogP contribution in [0.15, 0.2) is 6.33 Å². The van der Waals surface area contributed by atoms with Gasteiger partial charge in [-0.2, -0.15) is 4.98 Å². The maximum Gasteiger partial charge on any atom is 0.245 e. The van der Waals surface area contributed by atoms with E-state index in [1.54, 1.807) is 7.11 Å². The van der Waals surface area contributed by atoms with Gasteiger partial charge in [0.1, 0.15) is 6.33 Å². The number of aromatic nitrogens is 4. The molecule has 3 rings (SSSR count). The van der Waals surface area contributed by atoms with Crippen LogP contribution in [0.3, 0.4) is 0 Å². The smallest absolute Gasteiger partial charge is 0.245 e. The van der Waals surface area contributed by atoms with E-state index in [4.69, 9.17) is 15.2 Å². The molecule has 2 aromatic rings. The van der Waals surface area contributed by atoms with Gasteiger partial charge in [0.05, 0.1) is 7.11 Å². The van der Waals surface area contributed by atoms with E-state index in [1.165, 1.54) is 6.33 Å². The Hall–Kier alpha value is -1.89. The molecule has 3 heterocycles. The van der Waals surface area contributed by atoms with Gasteiger partial charge in [0.2, 0.25) is 11.8 Å². The minimum absolute atomic E-state index is 0.225. The van der Waals surface area contributed by atoms with Gasteiger partial charge in [0.15, 0.2) is 11.2 Å². The summed E-state index contributed by atoms with van der Waals surface area (Å²) in [6.45, 7) is 3.77. The molecule has 0 bridgehead atoms. The molecule has 0 radical (unpaired) electrons. The van der Waals surface area contributed by atoms with Crippen LogP contribution in [0, 0.1) is 5.92 Å². The molecule has 2 N–H and O–H groups in total. The molecule has 0 amide bonds. The van der Waals surface area contributed by atoms with E-state index in [0.29, 0.717) is 23.3 Å². The lowest BCUT2D eigenvalue weighted by Gasteiger charge is -2.29. The molecular formula is C13H19N5O2. The molecule has 0 spiro atoms. The summed E-state index contributed by atoms with van der Waals surface area (Å²) >= 11 is 0. The molecule has 20 heavy (non-hydrogen) atoms. The highest BCUT2D eigenvalue weighted by atomic mass is 16.5. The first-order chi connectivity index (χ1) is 9.72. The van der Waals surface area contributed by atoms with Crippen molar-refractivity contribution in [3.05, 3.63) is 6.33 Å². The topological polar surface area (TPSA) is 88.1 Å². The monoisotopic (exact) mass is 277 g/mol. The van der Waals surface area contributed by atoms with Crippen LogP contribution in [0.4, 0.5) is 5.95 Å². The summed E-state index contributed by atoms with van der Waals surface area (Å²) in [6.07, 6.45) is 3.54. The van der Waals surface area contributed by atoms with Crippen molar-refractivity contribution in [2.24, 2.45) is 5.92 Å². The minimum atomic E-state index is 0.225. The summed E-state index contributed by atoms with van der Waals surface area (Å²) in [5.74, 6) is 1.43. The van der Waals surface area contributed by atoms with Crippen LogP contribution in [-0.4, -0.2) is 39.8 Å². The highest BCUT2D eigenvalue weighted by Gasteiger charge is 2.26. The molecule has 7 heteroatoms. The third kappa shape index (κ3) is 2.07. The molecule has 2 aromatic heterocycles. The van der Waals surface area contributed by atoms with E-state index in [1.807, 2.05) is 4.57 Å². The zero-order valence-corrected chi connectivity index (χ0v) is 11.7. The highest BCUT2D eigenvalue weighted by molar-refractivity contribution is 5.79. The maximum atomic E-state index is 6.08. The summed E-state index contributed by atoms with van der Waals surface area (Å²) in [5.41, 5.74) is 7.43. The number of hydrogen-bond acceptors (Lipinski definition) is 6. The fourth-order valence-electron chi connectivity index (χ4n) is 2.86. The highest BCUT2D eigenvalue weighted by Crippen LogP contribution is 2.33.